The van der Waals surface area contributed by atoms with Crippen LogP contribution >= 0.6 is 11.3 Å². The highest BCUT2D eigenvalue weighted by Crippen LogP contribution is 2.19. The van der Waals surface area contributed by atoms with Crippen LogP contribution in [0.2, 0.25) is 0 Å². The third-order valence-corrected chi connectivity index (χ3v) is 3.04. The zero-order valence-corrected chi connectivity index (χ0v) is 9.73. The normalized spacial score (nSPS) is 15.0. The Morgan fingerprint density at radius 1 is 1.17 bits per heavy atom. The average molecular weight is 269 g/mol. The summed E-state index contributed by atoms with van der Waals surface area (Å²) in [5.41, 5.74) is -0.399. The number of aromatic carboxylic acids is 1. The number of hydroxylamine groups is 2. The molecular weight excluding hydrogens is 262 g/mol. The summed E-state index contributed by atoms with van der Waals surface area (Å²) in [6.07, 6.45) is -0.0247. The molecule has 8 heteroatoms. The van der Waals surface area contributed by atoms with Crippen LogP contribution in [0.4, 0.5) is 0 Å². The molecule has 94 valence electrons. The molecule has 1 aromatic heterocycles. The second-order valence-corrected chi connectivity index (χ2v) is 4.21. The predicted octanol–water partition coefficient (Wildman–Crippen LogP) is 0.667. The van der Waals surface area contributed by atoms with Gasteiger partial charge in [-0.3, -0.25) is 9.59 Å². The molecular formula is C10H7NO6S. The molecule has 0 atom stereocenters. The topological polar surface area (TPSA) is 101 Å². The Kier molecular flexibility index (Phi) is 3.11. The van der Waals surface area contributed by atoms with Crippen LogP contribution in [0.15, 0.2) is 10.8 Å². The van der Waals surface area contributed by atoms with Crippen molar-refractivity contribution < 1.29 is 29.1 Å². The zero-order chi connectivity index (χ0) is 13.3. The Balaban J connectivity index is 2.17. The molecule has 0 aromatic carbocycles. The molecule has 0 bridgehead atoms. The van der Waals surface area contributed by atoms with Gasteiger partial charge in [-0.25, -0.2) is 9.59 Å². The first-order chi connectivity index (χ1) is 8.50. The van der Waals surface area contributed by atoms with Crippen LogP contribution in [0.3, 0.4) is 0 Å². The monoisotopic (exact) mass is 269 g/mol. The lowest BCUT2D eigenvalue weighted by Gasteiger charge is -2.12. The lowest BCUT2D eigenvalue weighted by atomic mass is 10.2. The Bertz CT molecular complexity index is 532. The third-order valence-electron chi connectivity index (χ3n) is 2.29. The van der Waals surface area contributed by atoms with Crippen molar-refractivity contribution in [2.24, 2.45) is 0 Å². The van der Waals surface area contributed by atoms with E-state index in [-0.39, 0.29) is 24.0 Å². The Labute approximate surface area is 105 Å². The standard InChI is InChI=1S/C10H7NO6S/c12-7-1-2-8(13)11(7)17-10(16)6-4-18-3-5(6)9(14)15/h3-4H,1-2H2,(H,14,15). The SMILES string of the molecule is O=C(O)c1cscc1C(=O)ON1C(=O)CCC1=O. The smallest absolute Gasteiger partial charge is 0.365 e. The molecule has 2 heterocycles. The molecule has 1 aromatic rings. The summed E-state index contributed by atoms with van der Waals surface area (Å²) in [5, 5.41) is 11.8. The fourth-order valence-corrected chi connectivity index (χ4v) is 2.20. The predicted molar refractivity (Wildman–Crippen MR) is 57.8 cm³/mol. The second-order valence-electron chi connectivity index (χ2n) is 3.46. The third kappa shape index (κ3) is 2.09. The minimum atomic E-state index is -1.28. The van der Waals surface area contributed by atoms with Crippen LogP contribution < -0.4 is 0 Å². The molecule has 2 rings (SSSR count). The summed E-state index contributed by atoms with van der Waals surface area (Å²) in [5.74, 6) is -3.53. The molecule has 0 spiro atoms. The number of carboxylic acids is 1. The molecule has 0 unspecified atom stereocenters. The van der Waals surface area contributed by atoms with E-state index >= 15 is 0 Å². The van der Waals surface area contributed by atoms with Crippen molar-refractivity contribution in [2.75, 3.05) is 0 Å². The van der Waals surface area contributed by atoms with Crippen molar-refractivity contribution in [1.29, 1.82) is 0 Å². The molecule has 2 amide bonds. The van der Waals surface area contributed by atoms with Gasteiger partial charge in [0.1, 0.15) is 0 Å². The molecule has 0 radical (unpaired) electrons. The molecule has 1 N–H and O–H groups in total. The molecule has 0 aliphatic carbocycles. The van der Waals surface area contributed by atoms with Gasteiger partial charge in [0, 0.05) is 23.6 Å². The minimum Gasteiger partial charge on any atom is -0.478 e. The quantitative estimate of drug-likeness (QED) is 0.809. The van der Waals surface area contributed by atoms with Gasteiger partial charge in [-0.2, -0.15) is 11.3 Å². The van der Waals surface area contributed by atoms with Crippen molar-refractivity contribution in [3.63, 3.8) is 0 Å². The first-order valence-electron chi connectivity index (χ1n) is 4.88. The maximum Gasteiger partial charge on any atom is 0.365 e. The molecule has 18 heavy (non-hydrogen) atoms. The summed E-state index contributed by atoms with van der Waals surface area (Å²) in [7, 11) is 0. The maximum atomic E-state index is 11.7. The van der Waals surface area contributed by atoms with Crippen molar-refractivity contribution in [3.8, 4) is 0 Å². The van der Waals surface area contributed by atoms with Crippen LogP contribution in [0, 0.1) is 0 Å². The van der Waals surface area contributed by atoms with E-state index in [1.165, 1.54) is 10.8 Å². The lowest BCUT2D eigenvalue weighted by molar-refractivity contribution is -0.172. The lowest BCUT2D eigenvalue weighted by Crippen LogP contribution is -2.32. The maximum absolute atomic E-state index is 11.7. The summed E-state index contributed by atoms with van der Waals surface area (Å²) in [6, 6.07) is 0. The van der Waals surface area contributed by atoms with Crippen molar-refractivity contribution >= 4 is 35.1 Å². The number of hydrogen-bond acceptors (Lipinski definition) is 6. The Hall–Kier alpha value is -2.22. The second kappa shape index (κ2) is 4.57. The van der Waals surface area contributed by atoms with Crippen molar-refractivity contribution in [2.45, 2.75) is 12.8 Å². The first kappa shape index (κ1) is 12.2. The van der Waals surface area contributed by atoms with Crippen LogP contribution in [0.25, 0.3) is 0 Å². The molecule has 7 nitrogen and oxygen atoms in total. The van der Waals surface area contributed by atoms with E-state index in [0.29, 0.717) is 5.06 Å². The highest BCUT2D eigenvalue weighted by Gasteiger charge is 2.34. The van der Waals surface area contributed by atoms with Gasteiger partial charge in [0.2, 0.25) is 0 Å². The van der Waals surface area contributed by atoms with Gasteiger partial charge in [-0.15, -0.1) is 5.06 Å². The molecule has 1 fully saturated rings. The number of thiophene rings is 1. The summed E-state index contributed by atoms with van der Waals surface area (Å²) in [6.45, 7) is 0. The minimum absolute atomic E-state index is 0.0124. The largest absolute Gasteiger partial charge is 0.478 e. The number of carbonyl (C=O) groups is 4. The number of amides is 2. The van der Waals surface area contributed by atoms with E-state index in [4.69, 9.17) is 5.11 Å². The van der Waals surface area contributed by atoms with Crippen molar-refractivity contribution in [1.82, 2.24) is 5.06 Å². The van der Waals surface area contributed by atoms with E-state index in [1.807, 2.05) is 0 Å². The summed E-state index contributed by atoms with van der Waals surface area (Å²) < 4.78 is 0. The fourth-order valence-electron chi connectivity index (χ4n) is 1.41. The Morgan fingerprint density at radius 2 is 1.72 bits per heavy atom. The first-order valence-corrected chi connectivity index (χ1v) is 5.82. The van der Waals surface area contributed by atoms with Gasteiger partial charge in [0.05, 0.1) is 11.1 Å². The van der Waals surface area contributed by atoms with E-state index in [1.54, 1.807) is 0 Å². The Morgan fingerprint density at radius 3 is 2.28 bits per heavy atom. The number of rotatable bonds is 3. The molecule has 1 saturated heterocycles. The average Bonchev–Trinajstić information content (AvgIpc) is 2.90. The van der Waals surface area contributed by atoms with Gasteiger partial charge < -0.3 is 9.94 Å². The number of imide groups is 1. The molecule has 1 aliphatic rings. The van der Waals surface area contributed by atoms with Crippen LogP contribution in [-0.2, 0) is 14.4 Å². The highest BCUT2D eigenvalue weighted by molar-refractivity contribution is 7.08. The van der Waals surface area contributed by atoms with Crippen LogP contribution in [-0.4, -0.2) is 33.9 Å². The number of hydrogen-bond donors (Lipinski definition) is 1. The fraction of sp³-hybridized carbons (Fsp3) is 0.200. The number of nitrogens with zero attached hydrogens (tertiary/aromatic N) is 1. The van der Waals surface area contributed by atoms with Crippen molar-refractivity contribution in [3.05, 3.63) is 21.9 Å². The highest BCUT2D eigenvalue weighted by atomic mass is 32.1. The van der Waals surface area contributed by atoms with Crippen LogP contribution in [0.1, 0.15) is 33.6 Å². The van der Waals surface area contributed by atoms with Gasteiger partial charge >= 0.3 is 11.9 Å². The van der Waals surface area contributed by atoms with Gasteiger partial charge in [-0.1, -0.05) is 0 Å². The number of carbonyl (C=O) groups excluding carboxylic acids is 3. The van der Waals surface area contributed by atoms with E-state index in [2.05, 4.69) is 4.84 Å². The number of carboxylic acid groups (broad SMARTS) is 1. The zero-order valence-electron chi connectivity index (χ0n) is 8.91. The van der Waals surface area contributed by atoms with Gasteiger partial charge in [0.15, 0.2) is 0 Å². The summed E-state index contributed by atoms with van der Waals surface area (Å²) >= 11 is 1.01. The van der Waals surface area contributed by atoms with Crippen LogP contribution in [0.5, 0.6) is 0 Å². The molecule has 1 aliphatic heterocycles. The van der Waals surface area contributed by atoms with Gasteiger partial charge in [-0.05, 0) is 0 Å². The van der Waals surface area contributed by atoms with Gasteiger partial charge in [0.25, 0.3) is 11.8 Å². The van der Waals surface area contributed by atoms with E-state index in [0.717, 1.165) is 11.3 Å². The van der Waals surface area contributed by atoms with E-state index < -0.39 is 23.8 Å². The molecule has 0 saturated carbocycles. The summed E-state index contributed by atoms with van der Waals surface area (Å²) in [4.78, 5) is 49.5. The van der Waals surface area contributed by atoms with E-state index in [9.17, 15) is 19.2 Å².